The van der Waals surface area contributed by atoms with Crippen LogP contribution in [-0.4, -0.2) is 100 Å². The van der Waals surface area contributed by atoms with E-state index in [9.17, 15) is 49.5 Å². The van der Waals surface area contributed by atoms with Crippen LogP contribution in [0.2, 0.25) is 5.04 Å². The Kier molecular flexibility index (Phi) is 20.8. The van der Waals surface area contributed by atoms with Gasteiger partial charge in [0.15, 0.2) is 0 Å². The van der Waals surface area contributed by atoms with E-state index >= 15 is 0 Å². The number of nitrogens with zero attached hydrogens (tertiary/aromatic N) is 4. The van der Waals surface area contributed by atoms with E-state index < -0.39 is 89.1 Å². The second-order valence-electron chi connectivity index (χ2n) is 27.6. The largest absolute Gasteiger partial charge is 0.456 e. The van der Waals surface area contributed by atoms with E-state index in [0.29, 0.717) is 63.8 Å². The van der Waals surface area contributed by atoms with Gasteiger partial charge in [0, 0.05) is 70.5 Å². The molecule has 2 aliphatic rings. The number of carbonyl (C=O) groups is 2. The van der Waals surface area contributed by atoms with Gasteiger partial charge in [0.05, 0.1) is 33.0 Å². The second-order valence-corrected chi connectivity index (χ2v) is 36.3. The van der Waals surface area contributed by atoms with Crippen molar-refractivity contribution in [3.8, 4) is 45.2 Å². The Balaban J connectivity index is 0.000000212. The summed E-state index contributed by atoms with van der Waals surface area (Å²) in [6.45, 7) is 15.4. The van der Waals surface area contributed by atoms with Crippen LogP contribution in [0.5, 0.6) is 0 Å². The average Bonchev–Trinajstić information content (AvgIpc) is 1.74. The summed E-state index contributed by atoms with van der Waals surface area (Å²) in [7, 11) is -5.96. The van der Waals surface area contributed by atoms with E-state index in [2.05, 4.69) is 50.0 Å². The first-order valence-corrected chi connectivity index (χ1v) is 36.6. The van der Waals surface area contributed by atoms with Crippen molar-refractivity contribution in [2.75, 3.05) is 26.3 Å². The van der Waals surface area contributed by atoms with Crippen molar-refractivity contribution in [3.63, 3.8) is 0 Å². The number of hydrogen-bond acceptors (Lipinski definition) is 10. The standard InChI is InChI=1S/C46H48F3N3O4SSi.C30H30F3N3O4S/c1-44(2,3)57(54)52-29-34-27-37(43(53)50-30-46(47,48)49)51-42(33-18-15-17-31(26-33)40-28-32-16-13-14-23-39(32)56-40)41(34)38(52)24-25-55-58(45(4,5)6,35-19-9-7-10-20-35)36-21-11-8-12-22-36;1-29(2,3)41(39)36-16-21-14-22(28(38)34-17-30(31,32)33)35-27(26(21)23(36)11-12-37)20-9-6-8-18(13-20)25-15-19-7-4-5-10-24(19)40-25/h7-23,26-28,38H,24-25,29-30H2,1-6H3,(H,50,53);4-10,13-15,23,37H,11-12,16-17H2,1-3H3,(H,34,38)/t38-,57-;23-,41-/m11/s1. The van der Waals surface area contributed by atoms with E-state index in [0.717, 1.165) is 49.0 Å². The van der Waals surface area contributed by atoms with E-state index in [1.807, 2.05) is 196 Å². The van der Waals surface area contributed by atoms with Crippen LogP contribution in [0.1, 0.15) is 130 Å². The number of aliphatic hydroxyl groups is 1. The van der Waals surface area contributed by atoms with Gasteiger partial charge in [-0.1, -0.05) is 154 Å². The highest BCUT2D eigenvalue weighted by Crippen LogP contribution is 2.48. The Morgan fingerprint density at radius 1 is 0.525 bits per heavy atom. The van der Waals surface area contributed by atoms with Crippen LogP contribution < -0.4 is 21.0 Å². The molecule has 6 heterocycles. The number of rotatable bonds is 18. The fourth-order valence-electron chi connectivity index (χ4n) is 13.0. The molecular formula is C76H78F6N6O8S2Si. The Morgan fingerprint density at radius 2 is 0.909 bits per heavy atom. The molecule has 0 unspecified atom stereocenters. The molecule has 6 aromatic carbocycles. The summed E-state index contributed by atoms with van der Waals surface area (Å²) < 4.78 is 128. The van der Waals surface area contributed by atoms with Crippen molar-refractivity contribution >= 4 is 74.4 Å². The highest BCUT2D eigenvalue weighted by molar-refractivity contribution is 7.84. The number of carbonyl (C=O) groups excluding carboxylic acids is 2. The van der Waals surface area contributed by atoms with Gasteiger partial charge in [-0.3, -0.25) is 9.59 Å². The number of hydrogen-bond donors (Lipinski definition) is 3. The van der Waals surface area contributed by atoms with Crippen LogP contribution in [0.4, 0.5) is 26.3 Å². The van der Waals surface area contributed by atoms with Crippen LogP contribution in [0.3, 0.4) is 0 Å². The molecule has 4 aromatic heterocycles. The highest BCUT2D eigenvalue weighted by atomic mass is 32.2. The SMILES string of the molecule is CC(C)(C)[S@@](=O)N1Cc2cc(C(=O)NCC(F)(F)F)nc(-c3cccc(-c4cc5ccccc5o4)c3)c2[C@H]1CCO.CC(C)(C)[S@@](=O)N1Cc2cc(C(=O)NCC(F)(F)F)nc(-c3cccc(-c4cc5ccccc5o4)c3)c2[C@H]1CCO[Si](c1ccccc1)(c1ccccc1)C(C)(C)C. The van der Waals surface area contributed by atoms with E-state index in [1.165, 1.54) is 6.07 Å². The number of aromatic nitrogens is 2. The minimum Gasteiger partial charge on any atom is -0.456 e. The molecular weight excluding hydrogens is 1330 g/mol. The Bertz CT molecular complexity index is 4540. The van der Waals surface area contributed by atoms with E-state index in [1.54, 1.807) is 16.4 Å². The van der Waals surface area contributed by atoms with Gasteiger partial charge < -0.3 is 29.0 Å². The molecule has 4 atom stereocenters. The van der Waals surface area contributed by atoms with Gasteiger partial charge in [-0.15, -0.1) is 0 Å². The van der Waals surface area contributed by atoms with Crippen molar-refractivity contribution in [1.82, 2.24) is 29.2 Å². The van der Waals surface area contributed by atoms with E-state index in [4.69, 9.17) is 18.2 Å². The number of pyridine rings is 2. The van der Waals surface area contributed by atoms with Crippen molar-refractivity contribution in [3.05, 3.63) is 216 Å². The normalized spacial score (nSPS) is 16.1. The average molecular weight is 1410 g/mol. The number of halogens is 6. The van der Waals surface area contributed by atoms with Gasteiger partial charge >= 0.3 is 12.4 Å². The van der Waals surface area contributed by atoms with Crippen LogP contribution in [0.15, 0.2) is 191 Å². The van der Waals surface area contributed by atoms with Crippen LogP contribution >= 0.6 is 0 Å². The molecule has 0 aliphatic carbocycles. The lowest BCUT2D eigenvalue weighted by Gasteiger charge is -2.43. The molecule has 2 aliphatic heterocycles. The molecule has 14 nitrogen and oxygen atoms in total. The molecule has 23 heteroatoms. The number of amides is 2. The Morgan fingerprint density at radius 3 is 1.28 bits per heavy atom. The first kappa shape index (κ1) is 71.8. The molecule has 10 aromatic rings. The molecule has 2 amide bonds. The van der Waals surface area contributed by atoms with E-state index in [-0.39, 0.29) is 42.5 Å². The van der Waals surface area contributed by atoms with Gasteiger partial charge in [0.25, 0.3) is 20.1 Å². The number of fused-ring (bicyclic) bond motifs is 4. The highest BCUT2D eigenvalue weighted by Gasteiger charge is 2.51. The maximum atomic E-state index is 14.5. The van der Waals surface area contributed by atoms with Crippen LogP contribution in [0.25, 0.3) is 67.1 Å². The first-order chi connectivity index (χ1) is 46.8. The summed E-state index contributed by atoms with van der Waals surface area (Å²) in [6.07, 6.45) is -8.50. The monoisotopic (exact) mass is 1410 g/mol. The zero-order valence-electron chi connectivity index (χ0n) is 56.3. The Labute approximate surface area is 577 Å². The van der Waals surface area contributed by atoms with Gasteiger partial charge in [0.1, 0.15) is 69.1 Å². The molecule has 3 N–H and O–H groups in total. The molecule has 99 heavy (non-hydrogen) atoms. The molecule has 0 radical (unpaired) electrons. The van der Waals surface area contributed by atoms with Crippen LogP contribution in [-0.2, 0) is 39.5 Å². The molecule has 12 rings (SSSR count). The van der Waals surface area contributed by atoms with Gasteiger partial charge in [-0.2, -0.15) is 26.3 Å². The quantitative estimate of drug-likeness (QED) is 0.0553. The lowest BCUT2D eigenvalue weighted by molar-refractivity contribution is -0.123. The number of para-hydroxylation sites is 2. The topological polar surface area (TPSA) is 180 Å². The minimum atomic E-state index is -4.60. The molecule has 0 spiro atoms. The van der Waals surface area contributed by atoms with Gasteiger partial charge in [0.2, 0.25) is 0 Å². The van der Waals surface area contributed by atoms with Crippen LogP contribution in [0, 0.1) is 0 Å². The molecule has 0 saturated heterocycles. The smallest absolute Gasteiger partial charge is 0.405 e. The number of benzene rings is 6. The summed E-state index contributed by atoms with van der Waals surface area (Å²) in [5, 5.41) is 17.7. The fraction of sp³-hybridized carbons (Fsp3) is 0.316. The number of furan rings is 2. The lowest BCUT2D eigenvalue weighted by Crippen LogP contribution is -2.66. The van der Waals surface area contributed by atoms with Gasteiger partial charge in [-0.05, 0) is 129 Å². The molecule has 0 bridgehead atoms. The fourth-order valence-corrected chi connectivity index (χ4v) is 20.4. The molecule has 0 saturated carbocycles. The van der Waals surface area contributed by atoms with Crippen molar-refractivity contribution in [2.45, 2.75) is 127 Å². The summed E-state index contributed by atoms with van der Waals surface area (Å²) in [4.78, 5) is 35.6. The summed E-state index contributed by atoms with van der Waals surface area (Å²) in [5.74, 6) is -0.665. The Hall–Kier alpha value is -8.42. The first-order valence-electron chi connectivity index (χ1n) is 32.5. The van der Waals surface area contributed by atoms with Gasteiger partial charge in [-0.25, -0.2) is 27.0 Å². The number of aliphatic hydroxyl groups excluding tert-OH is 1. The van der Waals surface area contributed by atoms with Crippen molar-refractivity contribution < 1.29 is 62.7 Å². The minimum absolute atomic E-state index is 0.155. The zero-order chi connectivity index (χ0) is 71.0. The predicted molar refractivity (Wildman–Crippen MR) is 379 cm³/mol. The van der Waals surface area contributed by atoms with Crippen molar-refractivity contribution in [1.29, 1.82) is 0 Å². The molecule has 518 valence electrons. The summed E-state index contributed by atoms with van der Waals surface area (Å²) in [5.41, 5.74) is 7.42. The number of alkyl halides is 6. The van der Waals surface area contributed by atoms with Crippen molar-refractivity contribution in [2.24, 2.45) is 0 Å². The third kappa shape index (κ3) is 15.8. The third-order valence-corrected chi connectivity index (χ3v) is 26.1. The maximum Gasteiger partial charge on any atom is 0.405 e. The summed E-state index contributed by atoms with van der Waals surface area (Å²) >= 11 is 0. The summed E-state index contributed by atoms with van der Waals surface area (Å²) in [6, 6.07) is 56.8. The predicted octanol–water partition coefficient (Wildman–Crippen LogP) is 15.9. The lowest BCUT2D eigenvalue weighted by atomic mass is 9.95. The number of nitrogens with one attached hydrogen (secondary N) is 2. The zero-order valence-corrected chi connectivity index (χ0v) is 58.9. The third-order valence-electron chi connectivity index (χ3n) is 17.4. The molecule has 0 fully saturated rings. The maximum absolute atomic E-state index is 14.5. The second kappa shape index (κ2) is 28.7.